The van der Waals surface area contributed by atoms with Gasteiger partial charge in [0.2, 0.25) is 6.79 Å². The van der Waals surface area contributed by atoms with Gasteiger partial charge in [-0.05, 0) is 41.5 Å². The second kappa shape index (κ2) is 8.35. The quantitative estimate of drug-likeness (QED) is 0.632. The molecule has 0 fully saturated rings. The molecule has 4 rings (SSSR count). The monoisotopic (exact) mass is 390 g/mol. The highest BCUT2D eigenvalue weighted by Gasteiger charge is 2.18. The lowest BCUT2D eigenvalue weighted by Crippen LogP contribution is -2.34. The predicted octanol–water partition coefficient (Wildman–Crippen LogP) is 3.10. The van der Waals surface area contributed by atoms with Crippen LogP contribution in [0.3, 0.4) is 0 Å². The number of carbonyl (C=O) groups excluding carboxylic acids is 2. The molecule has 29 heavy (non-hydrogen) atoms. The van der Waals surface area contributed by atoms with Gasteiger partial charge in [0.1, 0.15) is 5.70 Å². The Morgan fingerprint density at radius 3 is 2.59 bits per heavy atom. The van der Waals surface area contributed by atoms with E-state index in [4.69, 9.17) is 13.9 Å². The van der Waals surface area contributed by atoms with E-state index in [0.29, 0.717) is 23.6 Å². The SMILES string of the molecule is O=C(NCc1ccccc1)C(=Cc1ccc2c(c1)OCO2)NC(=O)c1ccco1. The van der Waals surface area contributed by atoms with E-state index >= 15 is 0 Å². The fourth-order valence-corrected chi connectivity index (χ4v) is 2.79. The molecule has 146 valence electrons. The van der Waals surface area contributed by atoms with E-state index in [0.717, 1.165) is 5.56 Å². The number of furan rings is 1. The van der Waals surface area contributed by atoms with Crippen molar-refractivity contribution in [3.05, 3.63) is 89.5 Å². The van der Waals surface area contributed by atoms with Gasteiger partial charge in [-0.15, -0.1) is 0 Å². The second-order valence-electron chi connectivity index (χ2n) is 6.27. The Kier molecular flexibility index (Phi) is 5.29. The van der Waals surface area contributed by atoms with Crippen molar-refractivity contribution in [3.63, 3.8) is 0 Å². The number of hydrogen-bond donors (Lipinski definition) is 2. The lowest BCUT2D eigenvalue weighted by molar-refractivity contribution is -0.117. The van der Waals surface area contributed by atoms with Gasteiger partial charge >= 0.3 is 0 Å². The molecule has 2 N–H and O–H groups in total. The minimum absolute atomic E-state index is 0.0844. The van der Waals surface area contributed by atoms with Crippen LogP contribution in [0.2, 0.25) is 0 Å². The van der Waals surface area contributed by atoms with Crippen LogP contribution < -0.4 is 20.1 Å². The number of ether oxygens (including phenoxy) is 2. The summed E-state index contributed by atoms with van der Waals surface area (Å²) in [5.41, 5.74) is 1.71. The van der Waals surface area contributed by atoms with Crippen LogP contribution in [-0.2, 0) is 11.3 Å². The Morgan fingerprint density at radius 1 is 0.966 bits per heavy atom. The minimum Gasteiger partial charge on any atom is -0.459 e. The fourth-order valence-electron chi connectivity index (χ4n) is 2.79. The van der Waals surface area contributed by atoms with Gasteiger partial charge in [-0.2, -0.15) is 0 Å². The highest BCUT2D eigenvalue weighted by Crippen LogP contribution is 2.33. The summed E-state index contributed by atoms with van der Waals surface area (Å²) in [6.45, 7) is 0.483. The summed E-state index contributed by atoms with van der Waals surface area (Å²) in [5.74, 6) is 0.387. The average molecular weight is 390 g/mol. The number of carbonyl (C=O) groups is 2. The Labute approximate surface area is 166 Å². The van der Waals surface area contributed by atoms with Crippen LogP contribution in [0.4, 0.5) is 0 Å². The molecule has 1 aliphatic rings. The summed E-state index contributed by atoms with van der Waals surface area (Å²) in [6.07, 6.45) is 2.97. The first-order valence-corrected chi connectivity index (χ1v) is 8.97. The van der Waals surface area contributed by atoms with E-state index in [1.54, 1.807) is 30.3 Å². The predicted molar refractivity (Wildman–Crippen MR) is 105 cm³/mol. The first kappa shape index (κ1) is 18.4. The van der Waals surface area contributed by atoms with E-state index in [-0.39, 0.29) is 18.3 Å². The summed E-state index contributed by atoms with van der Waals surface area (Å²) in [7, 11) is 0. The fraction of sp³-hybridized carbons (Fsp3) is 0.0909. The Balaban J connectivity index is 1.56. The first-order chi connectivity index (χ1) is 14.2. The third kappa shape index (κ3) is 4.47. The highest BCUT2D eigenvalue weighted by atomic mass is 16.7. The lowest BCUT2D eigenvalue weighted by atomic mass is 10.1. The van der Waals surface area contributed by atoms with Gasteiger partial charge in [0.15, 0.2) is 17.3 Å². The van der Waals surface area contributed by atoms with Crippen molar-refractivity contribution in [2.75, 3.05) is 6.79 Å². The maximum atomic E-state index is 12.8. The van der Waals surface area contributed by atoms with Crippen molar-refractivity contribution in [1.82, 2.24) is 10.6 Å². The van der Waals surface area contributed by atoms with Crippen LogP contribution in [0, 0.1) is 0 Å². The zero-order valence-corrected chi connectivity index (χ0v) is 15.4. The van der Waals surface area contributed by atoms with Crippen LogP contribution in [0.5, 0.6) is 11.5 Å². The van der Waals surface area contributed by atoms with Gasteiger partial charge in [0.05, 0.1) is 6.26 Å². The zero-order chi connectivity index (χ0) is 20.1. The largest absolute Gasteiger partial charge is 0.459 e. The summed E-state index contributed by atoms with van der Waals surface area (Å²) in [6, 6.07) is 17.9. The van der Waals surface area contributed by atoms with Crippen molar-refractivity contribution in [3.8, 4) is 11.5 Å². The molecule has 0 bridgehead atoms. The maximum absolute atomic E-state index is 12.8. The molecule has 3 aromatic rings. The van der Waals surface area contributed by atoms with Gasteiger partial charge < -0.3 is 24.5 Å². The first-order valence-electron chi connectivity index (χ1n) is 8.97. The number of amides is 2. The molecule has 0 saturated carbocycles. The number of nitrogens with one attached hydrogen (secondary N) is 2. The summed E-state index contributed by atoms with van der Waals surface area (Å²) >= 11 is 0. The Hall–Kier alpha value is -4.00. The smallest absolute Gasteiger partial charge is 0.291 e. The van der Waals surface area contributed by atoms with Crippen LogP contribution >= 0.6 is 0 Å². The maximum Gasteiger partial charge on any atom is 0.291 e. The highest BCUT2D eigenvalue weighted by molar-refractivity contribution is 6.04. The molecule has 7 nitrogen and oxygen atoms in total. The van der Waals surface area contributed by atoms with Gasteiger partial charge in [-0.1, -0.05) is 36.4 Å². The molecule has 0 atom stereocenters. The summed E-state index contributed by atoms with van der Waals surface area (Å²) in [4.78, 5) is 25.2. The lowest BCUT2D eigenvalue weighted by Gasteiger charge is -2.11. The molecule has 0 saturated heterocycles. The van der Waals surface area contributed by atoms with Crippen molar-refractivity contribution >= 4 is 17.9 Å². The third-order valence-corrected chi connectivity index (χ3v) is 4.24. The van der Waals surface area contributed by atoms with Crippen molar-refractivity contribution in [1.29, 1.82) is 0 Å². The summed E-state index contributed by atoms with van der Waals surface area (Å²) < 4.78 is 15.8. The molecule has 7 heteroatoms. The molecular formula is C22H18N2O5. The Morgan fingerprint density at radius 2 is 1.79 bits per heavy atom. The molecule has 0 spiro atoms. The van der Waals surface area contributed by atoms with E-state index in [2.05, 4.69) is 10.6 Å². The number of hydrogen-bond acceptors (Lipinski definition) is 5. The molecule has 2 heterocycles. The van der Waals surface area contributed by atoms with Crippen molar-refractivity contribution in [2.24, 2.45) is 0 Å². The molecular weight excluding hydrogens is 372 g/mol. The van der Waals surface area contributed by atoms with E-state index < -0.39 is 11.8 Å². The van der Waals surface area contributed by atoms with Crippen LogP contribution in [-0.4, -0.2) is 18.6 Å². The molecule has 2 amide bonds. The van der Waals surface area contributed by atoms with Crippen LogP contribution in [0.15, 0.2) is 77.0 Å². The molecule has 2 aromatic carbocycles. The number of rotatable bonds is 6. The molecule has 0 aliphatic carbocycles. The van der Waals surface area contributed by atoms with Gasteiger partial charge in [0.25, 0.3) is 11.8 Å². The van der Waals surface area contributed by atoms with Gasteiger partial charge in [-0.3, -0.25) is 9.59 Å². The number of benzene rings is 2. The average Bonchev–Trinajstić information content (AvgIpc) is 3.44. The molecule has 0 radical (unpaired) electrons. The van der Waals surface area contributed by atoms with Crippen molar-refractivity contribution in [2.45, 2.75) is 6.54 Å². The van der Waals surface area contributed by atoms with Gasteiger partial charge in [0, 0.05) is 6.54 Å². The normalized spacial score (nSPS) is 12.5. The minimum atomic E-state index is -0.517. The number of fused-ring (bicyclic) bond motifs is 1. The molecule has 0 unspecified atom stereocenters. The molecule has 1 aliphatic heterocycles. The Bertz CT molecular complexity index is 1040. The summed E-state index contributed by atoms with van der Waals surface area (Å²) in [5, 5.41) is 5.43. The standard InChI is InChI=1S/C22H18N2O5/c25-21(23-13-15-5-2-1-3-6-15)17(24-22(26)19-7-4-10-27-19)11-16-8-9-18-20(12-16)29-14-28-18/h1-12H,13-14H2,(H,23,25)(H,24,26). The van der Waals surface area contributed by atoms with Gasteiger partial charge in [-0.25, -0.2) is 0 Å². The third-order valence-electron chi connectivity index (χ3n) is 4.24. The van der Waals surface area contributed by atoms with Crippen molar-refractivity contribution < 1.29 is 23.5 Å². The van der Waals surface area contributed by atoms with Crippen LogP contribution in [0.25, 0.3) is 6.08 Å². The van der Waals surface area contributed by atoms with E-state index in [9.17, 15) is 9.59 Å². The molecule has 1 aromatic heterocycles. The zero-order valence-electron chi connectivity index (χ0n) is 15.4. The topological polar surface area (TPSA) is 89.8 Å². The van der Waals surface area contributed by atoms with E-state index in [1.807, 2.05) is 30.3 Å². The second-order valence-corrected chi connectivity index (χ2v) is 6.27. The van der Waals surface area contributed by atoms with Crippen LogP contribution in [0.1, 0.15) is 21.7 Å². The van der Waals surface area contributed by atoms with E-state index in [1.165, 1.54) is 12.3 Å².